The minimum Gasteiger partial charge on any atom is -0.496 e. The highest BCUT2D eigenvalue weighted by molar-refractivity contribution is 5.81. The molecule has 1 unspecified atom stereocenters. The first-order chi connectivity index (χ1) is 8.52. The third kappa shape index (κ3) is 4.88. The van der Waals surface area contributed by atoms with Crippen LogP contribution in [0.25, 0.3) is 0 Å². The van der Waals surface area contributed by atoms with Gasteiger partial charge in [-0.2, -0.15) is 0 Å². The Morgan fingerprint density at radius 1 is 1.44 bits per heavy atom. The van der Waals surface area contributed by atoms with Gasteiger partial charge in [0.25, 0.3) is 0 Å². The molecule has 100 valence electrons. The molecule has 0 spiro atoms. The molecule has 1 aromatic rings. The van der Waals surface area contributed by atoms with Crippen LogP contribution in [0.5, 0.6) is 5.75 Å². The number of aryl methyl sites for hydroxylation is 1. The lowest BCUT2D eigenvalue weighted by Crippen LogP contribution is -2.15. The summed E-state index contributed by atoms with van der Waals surface area (Å²) in [6.07, 6.45) is 2.81. The molecule has 1 rings (SSSR count). The van der Waals surface area contributed by atoms with Crippen LogP contribution in [0.1, 0.15) is 37.3 Å². The van der Waals surface area contributed by atoms with Crippen LogP contribution in [-0.2, 0) is 11.2 Å². The van der Waals surface area contributed by atoms with Crippen molar-refractivity contribution >= 4 is 5.78 Å². The molecular weight excluding hydrogens is 226 g/mol. The Labute approximate surface area is 109 Å². The molecule has 18 heavy (non-hydrogen) atoms. The molecule has 2 N–H and O–H groups in total. The number of carbonyl (C=O) groups is 1. The second-order valence-corrected chi connectivity index (χ2v) is 4.90. The van der Waals surface area contributed by atoms with Crippen molar-refractivity contribution in [1.29, 1.82) is 0 Å². The number of nitrogens with two attached hydrogens (primary N) is 1. The molecule has 0 heterocycles. The van der Waals surface area contributed by atoms with E-state index >= 15 is 0 Å². The Morgan fingerprint density at radius 2 is 2.17 bits per heavy atom. The Balaban J connectivity index is 2.55. The van der Waals surface area contributed by atoms with Crippen molar-refractivity contribution in [2.24, 2.45) is 5.73 Å². The van der Waals surface area contributed by atoms with E-state index in [-0.39, 0.29) is 11.8 Å². The van der Waals surface area contributed by atoms with E-state index in [2.05, 4.69) is 0 Å². The molecule has 0 aliphatic carbocycles. The third-order valence-electron chi connectivity index (χ3n) is 2.94. The number of methoxy groups -OCH3 is 1. The van der Waals surface area contributed by atoms with E-state index in [9.17, 15) is 4.79 Å². The van der Waals surface area contributed by atoms with Gasteiger partial charge in [0, 0.05) is 24.4 Å². The van der Waals surface area contributed by atoms with E-state index in [4.69, 9.17) is 10.5 Å². The standard InChI is InChI=1S/C15H23NO2/c1-11-7-8-15(18-3)13(9-11)10-14(17)6-4-5-12(2)16/h7-9,12H,4-6,10,16H2,1-3H3. The minimum atomic E-state index is 0.173. The average Bonchev–Trinajstić information content (AvgIpc) is 2.28. The summed E-state index contributed by atoms with van der Waals surface area (Å²) >= 11 is 0. The second kappa shape index (κ2) is 7.17. The maximum atomic E-state index is 11.9. The van der Waals surface area contributed by atoms with Crippen molar-refractivity contribution < 1.29 is 9.53 Å². The number of ketones is 1. The Hall–Kier alpha value is -1.35. The Bertz CT molecular complexity index is 399. The van der Waals surface area contributed by atoms with Gasteiger partial charge >= 0.3 is 0 Å². The molecule has 0 saturated carbocycles. The number of carbonyl (C=O) groups excluding carboxylic acids is 1. The number of hydrogen-bond acceptors (Lipinski definition) is 3. The van der Waals surface area contributed by atoms with E-state index in [1.807, 2.05) is 32.0 Å². The van der Waals surface area contributed by atoms with Gasteiger partial charge in [-0.1, -0.05) is 17.7 Å². The smallest absolute Gasteiger partial charge is 0.137 e. The Kier molecular flexibility index (Phi) is 5.86. The molecule has 0 amide bonds. The van der Waals surface area contributed by atoms with Crippen molar-refractivity contribution in [2.75, 3.05) is 7.11 Å². The first kappa shape index (κ1) is 14.7. The molecule has 0 saturated heterocycles. The zero-order valence-electron chi connectivity index (χ0n) is 11.5. The largest absolute Gasteiger partial charge is 0.496 e. The molecule has 0 aromatic heterocycles. The summed E-state index contributed by atoms with van der Waals surface area (Å²) in [6.45, 7) is 3.98. The number of Topliss-reactive ketones (excluding diaryl/α,β-unsaturated/α-hetero) is 1. The number of benzene rings is 1. The van der Waals surface area contributed by atoms with Crippen molar-refractivity contribution in [3.8, 4) is 5.75 Å². The SMILES string of the molecule is COc1ccc(C)cc1CC(=O)CCCC(C)N. The maximum Gasteiger partial charge on any atom is 0.137 e. The summed E-state index contributed by atoms with van der Waals surface area (Å²) in [5.41, 5.74) is 7.79. The van der Waals surface area contributed by atoms with Gasteiger partial charge in [-0.3, -0.25) is 4.79 Å². The monoisotopic (exact) mass is 249 g/mol. The molecule has 3 heteroatoms. The normalized spacial score (nSPS) is 12.2. The minimum absolute atomic E-state index is 0.173. The third-order valence-corrected chi connectivity index (χ3v) is 2.94. The molecule has 1 aromatic carbocycles. The van der Waals surface area contributed by atoms with E-state index in [0.29, 0.717) is 12.8 Å². The number of hydrogen-bond donors (Lipinski definition) is 1. The van der Waals surface area contributed by atoms with Crippen LogP contribution in [0.3, 0.4) is 0 Å². The fourth-order valence-electron chi connectivity index (χ4n) is 1.97. The molecule has 3 nitrogen and oxygen atoms in total. The fraction of sp³-hybridized carbons (Fsp3) is 0.533. The topological polar surface area (TPSA) is 52.3 Å². The lowest BCUT2D eigenvalue weighted by Gasteiger charge is -2.09. The van der Waals surface area contributed by atoms with Gasteiger partial charge in [-0.15, -0.1) is 0 Å². The van der Waals surface area contributed by atoms with E-state index < -0.39 is 0 Å². The van der Waals surface area contributed by atoms with Crippen LogP contribution in [0.4, 0.5) is 0 Å². The quantitative estimate of drug-likeness (QED) is 0.808. The summed E-state index contributed by atoms with van der Waals surface area (Å²) < 4.78 is 5.27. The van der Waals surface area contributed by atoms with Gasteiger partial charge in [0.1, 0.15) is 11.5 Å². The maximum absolute atomic E-state index is 11.9. The van der Waals surface area contributed by atoms with Crippen molar-refractivity contribution in [3.63, 3.8) is 0 Å². The molecule has 0 aliphatic rings. The van der Waals surface area contributed by atoms with Gasteiger partial charge in [0.15, 0.2) is 0 Å². The molecule has 0 fully saturated rings. The molecule has 0 radical (unpaired) electrons. The van der Waals surface area contributed by atoms with Crippen LogP contribution < -0.4 is 10.5 Å². The lowest BCUT2D eigenvalue weighted by molar-refractivity contribution is -0.118. The molecule has 0 aliphatic heterocycles. The van der Waals surface area contributed by atoms with Gasteiger partial charge in [0.2, 0.25) is 0 Å². The Morgan fingerprint density at radius 3 is 2.78 bits per heavy atom. The van der Waals surface area contributed by atoms with Crippen LogP contribution in [-0.4, -0.2) is 18.9 Å². The highest BCUT2D eigenvalue weighted by Gasteiger charge is 2.09. The van der Waals surface area contributed by atoms with Gasteiger partial charge in [-0.25, -0.2) is 0 Å². The molecule has 1 atom stereocenters. The van der Waals surface area contributed by atoms with Gasteiger partial charge in [0.05, 0.1) is 7.11 Å². The zero-order valence-corrected chi connectivity index (χ0v) is 11.5. The summed E-state index contributed by atoms with van der Waals surface area (Å²) in [4.78, 5) is 11.9. The predicted molar refractivity (Wildman–Crippen MR) is 73.9 cm³/mol. The van der Waals surface area contributed by atoms with E-state index in [1.54, 1.807) is 7.11 Å². The van der Waals surface area contributed by atoms with E-state index in [1.165, 1.54) is 0 Å². The van der Waals surface area contributed by atoms with Crippen LogP contribution in [0, 0.1) is 6.92 Å². The molecular formula is C15H23NO2. The van der Waals surface area contributed by atoms with Crippen LogP contribution in [0.15, 0.2) is 18.2 Å². The predicted octanol–water partition coefficient (Wildman–Crippen LogP) is 2.63. The number of rotatable bonds is 7. The van der Waals surface area contributed by atoms with Crippen molar-refractivity contribution in [3.05, 3.63) is 29.3 Å². The number of ether oxygens (including phenoxy) is 1. The molecule has 0 bridgehead atoms. The van der Waals surface area contributed by atoms with E-state index in [0.717, 1.165) is 29.7 Å². The fourth-order valence-corrected chi connectivity index (χ4v) is 1.97. The summed E-state index contributed by atoms with van der Waals surface area (Å²) in [5.74, 6) is 1.04. The average molecular weight is 249 g/mol. The van der Waals surface area contributed by atoms with Crippen LogP contribution in [0.2, 0.25) is 0 Å². The highest BCUT2D eigenvalue weighted by atomic mass is 16.5. The van der Waals surface area contributed by atoms with Gasteiger partial charge in [-0.05, 0) is 32.8 Å². The summed E-state index contributed by atoms with van der Waals surface area (Å²) in [5, 5.41) is 0. The highest BCUT2D eigenvalue weighted by Crippen LogP contribution is 2.21. The van der Waals surface area contributed by atoms with Gasteiger partial charge < -0.3 is 10.5 Å². The summed E-state index contributed by atoms with van der Waals surface area (Å²) in [7, 11) is 1.63. The van der Waals surface area contributed by atoms with Crippen molar-refractivity contribution in [2.45, 2.75) is 45.6 Å². The van der Waals surface area contributed by atoms with Crippen LogP contribution >= 0.6 is 0 Å². The second-order valence-electron chi connectivity index (χ2n) is 4.90. The summed E-state index contributed by atoms with van der Waals surface area (Å²) in [6, 6.07) is 6.09. The van der Waals surface area contributed by atoms with Crippen molar-refractivity contribution in [1.82, 2.24) is 0 Å². The first-order valence-electron chi connectivity index (χ1n) is 6.43. The zero-order chi connectivity index (χ0) is 13.5. The lowest BCUT2D eigenvalue weighted by atomic mass is 10.0. The first-order valence-corrected chi connectivity index (χ1v) is 6.43.